The first kappa shape index (κ1) is 23.8. The molecule has 1 fully saturated rings. The maximum absolute atomic E-state index is 12.9. The fourth-order valence-corrected chi connectivity index (χ4v) is 4.75. The molecule has 0 radical (unpaired) electrons. The van der Waals surface area contributed by atoms with Crippen molar-refractivity contribution >= 4 is 23.4 Å². The molecule has 0 aromatic heterocycles. The van der Waals surface area contributed by atoms with Crippen molar-refractivity contribution in [2.45, 2.75) is 38.2 Å². The number of rotatable bonds is 8. The molecule has 1 N–H and O–H groups in total. The van der Waals surface area contributed by atoms with Gasteiger partial charge in [0.05, 0.1) is 29.7 Å². The number of ether oxygens (including phenoxy) is 2. The van der Waals surface area contributed by atoms with Gasteiger partial charge in [0.15, 0.2) is 0 Å². The Morgan fingerprint density at radius 3 is 2.53 bits per heavy atom. The van der Waals surface area contributed by atoms with Gasteiger partial charge in [-0.1, -0.05) is 43.3 Å². The number of nitrogens with zero attached hydrogens (tertiary/aromatic N) is 1. The smallest absolute Gasteiger partial charge is 0.261 e. The van der Waals surface area contributed by atoms with Crippen molar-refractivity contribution in [1.82, 2.24) is 4.90 Å². The van der Waals surface area contributed by atoms with E-state index in [9.17, 15) is 14.4 Å². The predicted octanol–water partition coefficient (Wildman–Crippen LogP) is 5.39. The highest BCUT2D eigenvalue weighted by atomic mass is 16.5. The van der Waals surface area contributed by atoms with E-state index in [1.54, 1.807) is 42.5 Å². The Morgan fingerprint density at radius 2 is 1.78 bits per heavy atom. The molecule has 7 nitrogen and oxygen atoms in total. The van der Waals surface area contributed by atoms with E-state index < -0.39 is 0 Å². The largest absolute Gasteiger partial charge is 0.457 e. The molecule has 0 saturated carbocycles. The molecule has 3 aromatic rings. The molecule has 7 heteroatoms. The van der Waals surface area contributed by atoms with Crippen molar-refractivity contribution < 1.29 is 23.9 Å². The van der Waals surface area contributed by atoms with Crippen LogP contribution >= 0.6 is 0 Å². The molecular weight excluding hydrogens is 456 g/mol. The summed E-state index contributed by atoms with van der Waals surface area (Å²) in [5.74, 6) is -0.0295. The third-order valence-corrected chi connectivity index (χ3v) is 6.62. The summed E-state index contributed by atoms with van der Waals surface area (Å²) in [6, 6.07) is 21.7. The van der Waals surface area contributed by atoms with Gasteiger partial charge < -0.3 is 14.8 Å². The summed E-state index contributed by atoms with van der Waals surface area (Å²) in [5, 5.41) is 2.98. The zero-order valence-electron chi connectivity index (χ0n) is 20.1. The number of anilines is 1. The Hall–Kier alpha value is -3.97. The van der Waals surface area contributed by atoms with Crippen LogP contribution in [-0.2, 0) is 9.53 Å². The van der Waals surface area contributed by atoms with Crippen molar-refractivity contribution in [3.63, 3.8) is 0 Å². The average molecular weight is 485 g/mol. The lowest BCUT2D eigenvalue weighted by Crippen LogP contribution is -2.36. The number of hydrogen-bond acceptors (Lipinski definition) is 5. The van der Waals surface area contributed by atoms with E-state index in [-0.39, 0.29) is 36.3 Å². The van der Waals surface area contributed by atoms with Crippen LogP contribution in [0.2, 0.25) is 0 Å². The first-order valence-corrected chi connectivity index (χ1v) is 12.3. The third kappa shape index (κ3) is 4.88. The van der Waals surface area contributed by atoms with Gasteiger partial charge in [0, 0.05) is 18.4 Å². The fraction of sp³-hybridized carbons (Fsp3) is 0.276. The number of fused-ring (bicyclic) bond motifs is 1. The second-order valence-electron chi connectivity index (χ2n) is 9.05. The zero-order valence-corrected chi connectivity index (χ0v) is 20.1. The van der Waals surface area contributed by atoms with Crippen LogP contribution in [0.25, 0.3) is 0 Å². The summed E-state index contributed by atoms with van der Waals surface area (Å²) >= 11 is 0. The molecule has 0 spiro atoms. The molecule has 0 bridgehead atoms. The minimum Gasteiger partial charge on any atom is -0.457 e. The van der Waals surface area contributed by atoms with Crippen LogP contribution in [0.4, 0.5) is 5.69 Å². The molecule has 2 aliphatic rings. The first-order valence-electron chi connectivity index (χ1n) is 12.3. The summed E-state index contributed by atoms with van der Waals surface area (Å²) in [7, 11) is 0. The topological polar surface area (TPSA) is 84.9 Å². The number of carbonyl (C=O) groups is 3. The van der Waals surface area contributed by atoms with E-state index >= 15 is 0 Å². The summed E-state index contributed by atoms with van der Waals surface area (Å²) < 4.78 is 11.6. The number of benzene rings is 3. The molecule has 36 heavy (non-hydrogen) atoms. The molecule has 0 aliphatic carbocycles. The van der Waals surface area contributed by atoms with Crippen LogP contribution in [-0.4, -0.2) is 41.9 Å². The standard InChI is InChI=1S/C29H28N2O5/c1-2-24(19-8-4-3-5-9-19)27(32)30-20-10-6-11-21(16-20)36-22-13-14-25-26(17-22)29(34)31(28(25)33)18-23-12-7-15-35-23/h3-6,8-11,13-14,16-17,23-24H,2,7,12,15,18H2,1H3,(H,30,32). The highest BCUT2D eigenvalue weighted by molar-refractivity contribution is 6.21. The number of carbonyl (C=O) groups excluding carboxylic acids is 3. The van der Waals surface area contributed by atoms with Gasteiger partial charge in [-0.05, 0) is 55.2 Å². The summed E-state index contributed by atoms with van der Waals surface area (Å²) in [6.07, 6.45) is 2.36. The van der Waals surface area contributed by atoms with E-state index in [1.165, 1.54) is 4.90 Å². The molecule has 5 rings (SSSR count). The lowest BCUT2D eigenvalue weighted by Gasteiger charge is -2.17. The summed E-state index contributed by atoms with van der Waals surface area (Å²) in [6.45, 7) is 2.92. The maximum atomic E-state index is 12.9. The molecular formula is C29H28N2O5. The van der Waals surface area contributed by atoms with E-state index in [0.717, 1.165) is 18.4 Å². The molecule has 2 aliphatic heterocycles. The number of amides is 3. The van der Waals surface area contributed by atoms with E-state index in [4.69, 9.17) is 9.47 Å². The third-order valence-electron chi connectivity index (χ3n) is 6.62. The van der Waals surface area contributed by atoms with Crippen LogP contribution < -0.4 is 10.1 Å². The molecule has 184 valence electrons. The van der Waals surface area contributed by atoms with Gasteiger partial charge in [-0.15, -0.1) is 0 Å². The van der Waals surface area contributed by atoms with E-state index in [1.807, 2.05) is 37.3 Å². The molecule has 2 unspecified atom stereocenters. The molecule has 3 aromatic carbocycles. The van der Waals surface area contributed by atoms with Gasteiger partial charge in [-0.2, -0.15) is 0 Å². The van der Waals surface area contributed by atoms with Crippen LogP contribution in [0.1, 0.15) is 58.4 Å². The summed E-state index contributed by atoms with van der Waals surface area (Å²) in [5.41, 5.74) is 2.28. The highest BCUT2D eigenvalue weighted by Gasteiger charge is 2.37. The SMILES string of the molecule is CCC(C(=O)Nc1cccc(Oc2ccc3c(c2)C(=O)N(CC2CCCO2)C3=O)c1)c1ccccc1. The van der Waals surface area contributed by atoms with Crippen molar-refractivity contribution in [1.29, 1.82) is 0 Å². The lowest BCUT2D eigenvalue weighted by molar-refractivity contribution is -0.117. The molecule has 3 amide bonds. The normalized spacial score (nSPS) is 17.7. The van der Waals surface area contributed by atoms with Crippen molar-refractivity contribution in [3.8, 4) is 11.5 Å². The highest BCUT2D eigenvalue weighted by Crippen LogP contribution is 2.31. The number of imide groups is 1. The van der Waals surface area contributed by atoms with Gasteiger partial charge in [0.1, 0.15) is 11.5 Å². The Morgan fingerprint density at radius 1 is 1.00 bits per heavy atom. The predicted molar refractivity (Wildman–Crippen MR) is 135 cm³/mol. The van der Waals surface area contributed by atoms with Gasteiger partial charge in [-0.25, -0.2) is 0 Å². The van der Waals surface area contributed by atoms with Crippen molar-refractivity contribution in [2.75, 3.05) is 18.5 Å². The van der Waals surface area contributed by atoms with Gasteiger partial charge in [-0.3, -0.25) is 19.3 Å². The Balaban J connectivity index is 1.28. The van der Waals surface area contributed by atoms with Crippen LogP contribution in [0, 0.1) is 0 Å². The lowest BCUT2D eigenvalue weighted by atomic mass is 9.95. The molecule has 1 saturated heterocycles. The van der Waals surface area contributed by atoms with Crippen LogP contribution in [0.5, 0.6) is 11.5 Å². The second-order valence-corrected chi connectivity index (χ2v) is 9.05. The zero-order chi connectivity index (χ0) is 25.1. The fourth-order valence-electron chi connectivity index (χ4n) is 4.75. The Labute approximate surface area is 210 Å². The maximum Gasteiger partial charge on any atom is 0.261 e. The summed E-state index contributed by atoms with van der Waals surface area (Å²) in [4.78, 5) is 39.9. The quantitative estimate of drug-likeness (QED) is 0.434. The Bertz CT molecular complexity index is 1280. The van der Waals surface area contributed by atoms with Crippen LogP contribution in [0.3, 0.4) is 0 Å². The van der Waals surface area contributed by atoms with E-state index in [2.05, 4.69) is 5.32 Å². The first-order chi connectivity index (χ1) is 17.5. The average Bonchev–Trinajstić information content (AvgIpc) is 3.48. The minimum atomic E-state index is -0.330. The van der Waals surface area contributed by atoms with Gasteiger partial charge in [0.25, 0.3) is 11.8 Å². The van der Waals surface area contributed by atoms with Crippen LogP contribution in [0.15, 0.2) is 72.8 Å². The minimum absolute atomic E-state index is 0.0891. The number of hydrogen-bond donors (Lipinski definition) is 1. The molecule has 2 heterocycles. The monoisotopic (exact) mass is 484 g/mol. The van der Waals surface area contributed by atoms with E-state index in [0.29, 0.717) is 41.3 Å². The Kier molecular flexibility index (Phi) is 6.82. The second kappa shape index (κ2) is 10.3. The van der Waals surface area contributed by atoms with Gasteiger partial charge >= 0.3 is 0 Å². The van der Waals surface area contributed by atoms with Crippen molar-refractivity contribution in [2.24, 2.45) is 0 Å². The number of nitrogens with one attached hydrogen (secondary N) is 1. The van der Waals surface area contributed by atoms with Gasteiger partial charge in [0.2, 0.25) is 5.91 Å². The molecule has 2 atom stereocenters. The van der Waals surface area contributed by atoms with Crippen molar-refractivity contribution in [3.05, 3.63) is 89.5 Å².